The molecule has 2 aliphatic rings. The molecule has 3 aromatic carbocycles. The number of aromatic nitrogens is 2. The number of rotatable bonds is 5. The Balaban J connectivity index is 1.44. The average Bonchev–Trinajstić information content (AvgIpc) is 3.27. The molecule has 1 saturated heterocycles. The van der Waals surface area contributed by atoms with Crippen molar-refractivity contribution in [2.45, 2.75) is 38.1 Å². The van der Waals surface area contributed by atoms with Crippen LogP contribution in [-0.2, 0) is 11.3 Å². The highest BCUT2D eigenvalue weighted by molar-refractivity contribution is 6.06. The number of benzene rings is 3. The van der Waals surface area contributed by atoms with Gasteiger partial charge in [-0.15, -0.1) is 0 Å². The third kappa shape index (κ3) is 4.30. The summed E-state index contributed by atoms with van der Waals surface area (Å²) in [5.41, 5.74) is 6.50. The first kappa shape index (κ1) is 23.8. The Morgan fingerprint density at radius 3 is 2.62 bits per heavy atom. The molecule has 0 saturated carbocycles. The molecule has 0 spiro atoms. The minimum absolute atomic E-state index is 0.0396. The maximum Gasteiger partial charge on any atom is 0.225 e. The molecule has 4 heterocycles. The molecule has 1 N–H and O–H groups in total. The topological polar surface area (TPSA) is 59.4 Å². The monoisotopic (exact) mass is 516 g/mol. The zero-order chi connectivity index (χ0) is 26.3. The van der Waals surface area contributed by atoms with Crippen LogP contribution in [0.2, 0.25) is 0 Å². The Kier molecular flexibility index (Phi) is 5.95. The van der Waals surface area contributed by atoms with Crippen molar-refractivity contribution < 1.29 is 9.53 Å². The Morgan fingerprint density at radius 1 is 0.949 bits per heavy atom. The molecule has 1 fully saturated rings. The molecule has 1 atom stereocenters. The number of hydrogen-bond donors (Lipinski definition) is 1. The number of anilines is 2. The van der Waals surface area contributed by atoms with E-state index in [0.717, 1.165) is 77.1 Å². The second-order valence-electron chi connectivity index (χ2n) is 10.7. The summed E-state index contributed by atoms with van der Waals surface area (Å²) in [5, 5.41) is 5.40. The van der Waals surface area contributed by atoms with Gasteiger partial charge in [-0.25, -0.2) is 4.98 Å². The van der Waals surface area contributed by atoms with Crippen molar-refractivity contribution in [3.05, 3.63) is 95.7 Å². The summed E-state index contributed by atoms with van der Waals surface area (Å²) in [7, 11) is 1.69. The van der Waals surface area contributed by atoms with Gasteiger partial charge in [0.2, 0.25) is 5.91 Å². The van der Waals surface area contributed by atoms with Crippen LogP contribution in [0.1, 0.15) is 48.3 Å². The van der Waals surface area contributed by atoms with Crippen molar-refractivity contribution in [1.29, 1.82) is 0 Å². The smallest absolute Gasteiger partial charge is 0.225 e. The molecule has 1 amide bonds. The van der Waals surface area contributed by atoms with Gasteiger partial charge >= 0.3 is 0 Å². The van der Waals surface area contributed by atoms with Gasteiger partial charge in [0.05, 0.1) is 23.8 Å². The largest absolute Gasteiger partial charge is 0.497 e. The minimum Gasteiger partial charge on any atom is -0.497 e. The summed E-state index contributed by atoms with van der Waals surface area (Å²) in [6, 6.07) is 25.1. The fourth-order valence-electron chi connectivity index (χ4n) is 6.33. The van der Waals surface area contributed by atoms with E-state index in [1.54, 1.807) is 7.11 Å². The predicted octanol–water partition coefficient (Wildman–Crippen LogP) is 6.71. The molecule has 6 nitrogen and oxygen atoms in total. The number of hydrogen-bond acceptors (Lipinski definition) is 4. The van der Waals surface area contributed by atoms with Crippen LogP contribution in [0.15, 0.2) is 79.0 Å². The summed E-state index contributed by atoms with van der Waals surface area (Å²) in [5.74, 6) is 1.73. The van der Waals surface area contributed by atoms with E-state index in [4.69, 9.17) is 9.72 Å². The Bertz CT molecular complexity index is 1690. The highest BCUT2D eigenvalue weighted by Gasteiger charge is 2.31. The summed E-state index contributed by atoms with van der Waals surface area (Å²) in [6.07, 6.45) is 6.20. The number of methoxy groups -OCH3 is 1. The molecule has 2 aromatic heterocycles. The van der Waals surface area contributed by atoms with Gasteiger partial charge in [-0.2, -0.15) is 0 Å². The van der Waals surface area contributed by atoms with E-state index in [2.05, 4.69) is 69.5 Å². The number of ether oxygens (including phenoxy) is 1. The first-order chi connectivity index (χ1) is 19.2. The maximum atomic E-state index is 13.3. The maximum absolute atomic E-state index is 13.3. The normalized spacial score (nSPS) is 17.3. The van der Waals surface area contributed by atoms with E-state index in [9.17, 15) is 4.79 Å². The van der Waals surface area contributed by atoms with Crippen LogP contribution in [0.5, 0.6) is 5.75 Å². The van der Waals surface area contributed by atoms with Crippen LogP contribution in [-0.4, -0.2) is 35.7 Å². The zero-order valence-electron chi connectivity index (χ0n) is 22.2. The van der Waals surface area contributed by atoms with E-state index in [1.165, 1.54) is 17.5 Å². The van der Waals surface area contributed by atoms with Gasteiger partial charge in [-0.3, -0.25) is 4.79 Å². The number of nitrogens with one attached hydrogen (secondary N) is 1. The minimum atomic E-state index is -0.107. The SMILES string of the molecule is COc1ccc2cc([C@H]3CC(=O)Nc4cccc5c4c3cn5Cc3ccccc3)c(N3CCCCC3)nc2c1. The molecule has 6 heteroatoms. The van der Waals surface area contributed by atoms with Gasteiger partial charge in [-0.05, 0) is 60.7 Å². The van der Waals surface area contributed by atoms with Gasteiger partial charge in [0.1, 0.15) is 11.6 Å². The van der Waals surface area contributed by atoms with Crippen LogP contribution < -0.4 is 15.0 Å². The number of amides is 1. The quantitative estimate of drug-likeness (QED) is 0.282. The Labute approximate surface area is 228 Å². The molecule has 0 bridgehead atoms. The molecule has 39 heavy (non-hydrogen) atoms. The van der Waals surface area contributed by atoms with E-state index < -0.39 is 0 Å². The molecular weight excluding hydrogens is 484 g/mol. The Hall–Kier alpha value is -4.32. The lowest BCUT2D eigenvalue weighted by Gasteiger charge is -2.31. The van der Waals surface area contributed by atoms with E-state index in [-0.39, 0.29) is 11.8 Å². The van der Waals surface area contributed by atoms with Gasteiger partial charge in [-0.1, -0.05) is 36.4 Å². The third-order valence-corrected chi connectivity index (χ3v) is 8.23. The second kappa shape index (κ2) is 9.77. The lowest BCUT2D eigenvalue weighted by atomic mass is 9.87. The van der Waals surface area contributed by atoms with Gasteiger partial charge in [0.25, 0.3) is 0 Å². The lowest BCUT2D eigenvalue weighted by molar-refractivity contribution is -0.116. The summed E-state index contributed by atoms with van der Waals surface area (Å²) >= 11 is 0. The summed E-state index contributed by atoms with van der Waals surface area (Å²) in [6.45, 7) is 2.74. The number of nitrogens with zero attached hydrogens (tertiary/aromatic N) is 3. The number of carbonyl (C=O) groups excluding carboxylic acids is 1. The molecule has 0 aliphatic carbocycles. The first-order valence-corrected chi connectivity index (χ1v) is 13.9. The van der Waals surface area contributed by atoms with Crippen LogP contribution in [0.4, 0.5) is 11.5 Å². The number of carbonyl (C=O) groups is 1. The predicted molar refractivity (Wildman–Crippen MR) is 157 cm³/mol. The lowest BCUT2D eigenvalue weighted by Crippen LogP contribution is -2.31. The van der Waals surface area contributed by atoms with Crippen molar-refractivity contribution in [3.63, 3.8) is 0 Å². The molecular formula is C33H32N4O2. The van der Waals surface area contributed by atoms with Gasteiger partial charge < -0.3 is 19.5 Å². The molecule has 0 radical (unpaired) electrons. The van der Waals surface area contributed by atoms with E-state index in [1.807, 2.05) is 24.3 Å². The summed E-state index contributed by atoms with van der Waals surface area (Å²) in [4.78, 5) is 21.0. The number of piperidine rings is 1. The van der Waals surface area contributed by atoms with Crippen LogP contribution >= 0.6 is 0 Å². The first-order valence-electron chi connectivity index (χ1n) is 13.9. The Morgan fingerprint density at radius 2 is 1.79 bits per heavy atom. The zero-order valence-corrected chi connectivity index (χ0v) is 22.2. The highest BCUT2D eigenvalue weighted by Crippen LogP contribution is 2.44. The van der Waals surface area contributed by atoms with Crippen molar-refractivity contribution >= 4 is 39.2 Å². The van der Waals surface area contributed by atoms with Crippen molar-refractivity contribution in [1.82, 2.24) is 9.55 Å². The highest BCUT2D eigenvalue weighted by atomic mass is 16.5. The standard InChI is InChI=1S/C33H32N4O2/c1-39-24-14-13-23-17-26(33(35-29(23)18-24)36-15-6-3-7-16-36)25-19-31(38)34-28-11-8-12-30-32(28)27(25)21-37(30)20-22-9-4-2-5-10-22/h2,4-5,8-14,17-18,21,25H,3,6-7,15-16,19-20H2,1H3,(H,34,38)/t25-/m1/s1. The molecule has 5 aromatic rings. The third-order valence-electron chi connectivity index (χ3n) is 8.23. The fourth-order valence-corrected chi connectivity index (χ4v) is 6.33. The average molecular weight is 517 g/mol. The molecule has 2 aliphatic heterocycles. The fraction of sp³-hybridized carbons (Fsp3) is 0.273. The number of pyridine rings is 1. The van der Waals surface area contributed by atoms with E-state index in [0.29, 0.717) is 6.42 Å². The number of fused-ring (bicyclic) bond motifs is 1. The van der Waals surface area contributed by atoms with Gasteiger partial charge in [0.15, 0.2) is 0 Å². The van der Waals surface area contributed by atoms with Gasteiger partial charge in [0, 0.05) is 60.6 Å². The van der Waals surface area contributed by atoms with Crippen LogP contribution in [0.25, 0.3) is 21.8 Å². The second-order valence-corrected chi connectivity index (χ2v) is 10.7. The van der Waals surface area contributed by atoms with Crippen molar-refractivity contribution in [3.8, 4) is 5.75 Å². The van der Waals surface area contributed by atoms with Crippen LogP contribution in [0, 0.1) is 0 Å². The van der Waals surface area contributed by atoms with Crippen LogP contribution in [0.3, 0.4) is 0 Å². The van der Waals surface area contributed by atoms with Crippen molar-refractivity contribution in [2.75, 3.05) is 30.4 Å². The molecule has 196 valence electrons. The molecule has 7 rings (SSSR count). The summed E-state index contributed by atoms with van der Waals surface area (Å²) < 4.78 is 7.83. The van der Waals surface area contributed by atoms with E-state index >= 15 is 0 Å². The van der Waals surface area contributed by atoms with Crippen molar-refractivity contribution in [2.24, 2.45) is 0 Å². The molecule has 0 unspecified atom stereocenters.